The van der Waals surface area contributed by atoms with E-state index in [1.807, 2.05) is 20.8 Å². The summed E-state index contributed by atoms with van der Waals surface area (Å²) in [6, 6.07) is 18.0. The Kier molecular flexibility index (Phi) is 8.24. The normalized spacial score (nSPS) is 11.1. The molecule has 1 amide bonds. The quantitative estimate of drug-likeness (QED) is 0.438. The Bertz CT molecular complexity index is 1260. The molecule has 0 bridgehead atoms. The van der Waals surface area contributed by atoms with E-state index in [9.17, 15) is 13.2 Å². The Morgan fingerprint density at radius 1 is 0.914 bits per heavy atom. The molecule has 3 aromatic carbocycles. The summed E-state index contributed by atoms with van der Waals surface area (Å²) < 4.78 is 44.5. The van der Waals surface area contributed by atoms with Crippen LogP contribution in [0.1, 0.15) is 19.4 Å². The molecule has 0 radical (unpaired) electrons. The summed E-state index contributed by atoms with van der Waals surface area (Å²) in [7, 11) is -1.12. The summed E-state index contributed by atoms with van der Waals surface area (Å²) in [5.74, 6) is 0.951. The van der Waals surface area contributed by atoms with Gasteiger partial charge in [0.25, 0.3) is 10.0 Å². The number of aryl methyl sites for hydroxylation is 1. The van der Waals surface area contributed by atoms with Crippen molar-refractivity contribution < 1.29 is 27.4 Å². The van der Waals surface area contributed by atoms with Crippen molar-refractivity contribution in [1.29, 1.82) is 0 Å². The zero-order valence-electron chi connectivity index (χ0n) is 20.4. The largest absolute Gasteiger partial charge is 0.493 e. The molecule has 0 atom stereocenters. The molecule has 3 aromatic rings. The highest BCUT2D eigenvalue weighted by molar-refractivity contribution is 7.92. The second-order valence-corrected chi connectivity index (χ2v) is 9.97. The molecule has 186 valence electrons. The van der Waals surface area contributed by atoms with Gasteiger partial charge in [-0.1, -0.05) is 17.7 Å². The van der Waals surface area contributed by atoms with Crippen LogP contribution in [0.15, 0.2) is 71.6 Å². The summed E-state index contributed by atoms with van der Waals surface area (Å²) in [4.78, 5) is 13.0. The van der Waals surface area contributed by atoms with Crippen molar-refractivity contribution in [3.8, 4) is 17.2 Å². The Balaban J connectivity index is 1.92. The summed E-state index contributed by atoms with van der Waals surface area (Å²) in [5.41, 5.74) is 1.70. The molecular formula is C26H30N2O6S. The van der Waals surface area contributed by atoms with Crippen molar-refractivity contribution in [2.75, 3.05) is 30.4 Å². The first kappa shape index (κ1) is 25.9. The second-order valence-electron chi connectivity index (χ2n) is 8.10. The lowest BCUT2D eigenvalue weighted by molar-refractivity contribution is -0.114. The summed E-state index contributed by atoms with van der Waals surface area (Å²) >= 11 is 0. The SMILES string of the molecule is COc1ccc(N(CC(=O)Nc2ccc(OC(C)C)cc2)S(=O)(=O)c2ccc(C)cc2)cc1OC. The van der Waals surface area contributed by atoms with Crippen molar-refractivity contribution >= 4 is 27.3 Å². The molecule has 0 aliphatic rings. The van der Waals surface area contributed by atoms with E-state index in [4.69, 9.17) is 14.2 Å². The lowest BCUT2D eigenvalue weighted by Gasteiger charge is -2.25. The number of hydrogen-bond donors (Lipinski definition) is 1. The van der Waals surface area contributed by atoms with E-state index in [1.54, 1.807) is 48.5 Å². The molecule has 1 N–H and O–H groups in total. The Hall–Kier alpha value is -3.72. The Morgan fingerprint density at radius 3 is 2.11 bits per heavy atom. The molecule has 0 aliphatic carbocycles. The van der Waals surface area contributed by atoms with Gasteiger partial charge in [-0.15, -0.1) is 0 Å². The van der Waals surface area contributed by atoms with Gasteiger partial charge < -0.3 is 19.5 Å². The molecule has 0 spiro atoms. The number of sulfonamides is 1. The van der Waals surface area contributed by atoms with Crippen LogP contribution in [-0.4, -0.2) is 41.2 Å². The Labute approximate surface area is 206 Å². The molecule has 0 saturated heterocycles. The standard InChI is InChI=1S/C26H30N2O6S/c1-18(2)34-22-11-8-20(9-12-22)27-26(29)17-28(21-10-15-24(32-4)25(16-21)33-5)35(30,31)23-13-6-19(3)7-14-23/h6-16,18H,17H2,1-5H3,(H,27,29). The fourth-order valence-electron chi connectivity index (χ4n) is 3.35. The van der Waals surface area contributed by atoms with Crippen molar-refractivity contribution in [3.05, 3.63) is 72.3 Å². The van der Waals surface area contributed by atoms with Crippen LogP contribution in [0.2, 0.25) is 0 Å². The third-order valence-electron chi connectivity index (χ3n) is 5.06. The molecule has 35 heavy (non-hydrogen) atoms. The second kappa shape index (κ2) is 11.1. The molecule has 8 nitrogen and oxygen atoms in total. The van der Waals surface area contributed by atoms with E-state index in [0.29, 0.717) is 22.9 Å². The van der Waals surface area contributed by atoms with Gasteiger partial charge in [0.15, 0.2) is 11.5 Å². The van der Waals surface area contributed by atoms with Crippen LogP contribution in [0.25, 0.3) is 0 Å². The zero-order chi connectivity index (χ0) is 25.6. The van der Waals surface area contributed by atoms with Gasteiger partial charge in [-0.2, -0.15) is 0 Å². The number of rotatable bonds is 10. The molecule has 0 fully saturated rings. The number of methoxy groups -OCH3 is 2. The fraction of sp³-hybridized carbons (Fsp3) is 0.269. The highest BCUT2D eigenvalue weighted by atomic mass is 32.2. The molecule has 0 saturated carbocycles. The van der Waals surface area contributed by atoms with Crippen LogP contribution < -0.4 is 23.8 Å². The number of benzene rings is 3. The average molecular weight is 499 g/mol. The van der Waals surface area contributed by atoms with E-state index in [2.05, 4.69) is 5.32 Å². The fourth-order valence-corrected chi connectivity index (χ4v) is 4.77. The predicted molar refractivity (Wildman–Crippen MR) is 136 cm³/mol. The van der Waals surface area contributed by atoms with Crippen LogP contribution in [0.5, 0.6) is 17.2 Å². The lowest BCUT2D eigenvalue weighted by Crippen LogP contribution is -2.38. The number of hydrogen-bond acceptors (Lipinski definition) is 6. The van der Waals surface area contributed by atoms with Gasteiger partial charge in [-0.25, -0.2) is 8.42 Å². The summed E-state index contributed by atoms with van der Waals surface area (Å²) in [5, 5.41) is 2.75. The summed E-state index contributed by atoms with van der Waals surface area (Å²) in [6.45, 7) is 5.27. The maximum Gasteiger partial charge on any atom is 0.264 e. The van der Waals surface area contributed by atoms with Crippen LogP contribution in [0.3, 0.4) is 0 Å². The molecule has 0 unspecified atom stereocenters. The van der Waals surface area contributed by atoms with Crippen LogP contribution >= 0.6 is 0 Å². The highest BCUT2D eigenvalue weighted by Crippen LogP contribution is 2.34. The van der Waals surface area contributed by atoms with Gasteiger partial charge in [0.05, 0.1) is 30.9 Å². The number of anilines is 2. The number of nitrogens with zero attached hydrogens (tertiary/aromatic N) is 1. The topological polar surface area (TPSA) is 94.2 Å². The first-order valence-corrected chi connectivity index (χ1v) is 12.5. The van der Waals surface area contributed by atoms with Crippen LogP contribution in [0, 0.1) is 6.92 Å². The van der Waals surface area contributed by atoms with Crippen LogP contribution in [-0.2, 0) is 14.8 Å². The van der Waals surface area contributed by atoms with Gasteiger partial charge in [0, 0.05) is 11.8 Å². The maximum atomic E-state index is 13.6. The zero-order valence-corrected chi connectivity index (χ0v) is 21.3. The first-order chi connectivity index (χ1) is 16.6. The van der Waals surface area contributed by atoms with Crippen molar-refractivity contribution in [2.45, 2.75) is 31.8 Å². The molecular weight excluding hydrogens is 468 g/mol. The predicted octanol–water partition coefficient (Wildman–Crippen LogP) is 4.63. The van der Waals surface area contributed by atoms with E-state index in [1.165, 1.54) is 32.4 Å². The third kappa shape index (κ3) is 6.45. The number of carbonyl (C=O) groups excluding carboxylic acids is 1. The first-order valence-electron chi connectivity index (χ1n) is 11.0. The van der Waals surface area contributed by atoms with Gasteiger partial charge >= 0.3 is 0 Å². The average Bonchev–Trinajstić information content (AvgIpc) is 2.83. The number of carbonyl (C=O) groups is 1. The van der Waals surface area contributed by atoms with Gasteiger partial charge in [0.1, 0.15) is 12.3 Å². The smallest absolute Gasteiger partial charge is 0.264 e. The van der Waals surface area contributed by atoms with Crippen molar-refractivity contribution in [1.82, 2.24) is 0 Å². The molecule has 3 rings (SSSR count). The van der Waals surface area contributed by atoms with Gasteiger partial charge in [-0.3, -0.25) is 9.10 Å². The third-order valence-corrected chi connectivity index (χ3v) is 6.85. The minimum absolute atomic E-state index is 0.0254. The van der Waals surface area contributed by atoms with Gasteiger partial charge in [0.2, 0.25) is 5.91 Å². The summed E-state index contributed by atoms with van der Waals surface area (Å²) in [6.07, 6.45) is 0.0254. The van der Waals surface area contributed by atoms with Gasteiger partial charge in [-0.05, 0) is 69.3 Å². The van der Waals surface area contributed by atoms with Crippen molar-refractivity contribution in [2.24, 2.45) is 0 Å². The van der Waals surface area contributed by atoms with E-state index < -0.39 is 22.5 Å². The van der Waals surface area contributed by atoms with E-state index >= 15 is 0 Å². The Morgan fingerprint density at radius 2 is 1.54 bits per heavy atom. The molecule has 0 aromatic heterocycles. The highest BCUT2D eigenvalue weighted by Gasteiger charge is 2.28. The number of amides is 1. The minimum Gasteiger partial charge on any atom is -0.493 e. The number of ether oxygens (including phenoxy) is 3. The molecule has 0 aliphatic heterocycles. The number of nitrogens with one attached hydrogen (secondary N) is 1. The minimum atomic E-state index is -4.07. The van der Waals surface area contributed by atoms with Crippen molar-refractivity contribution in [3.63, 3.8) is 0 Å². The monoisotopic (exact) mass is 498 g/mol. The van der Waals surface area contributed by atoms with Crippen LogP contribution in [0.4, 0.5) is 11.4 Å². The lowest BCUT2D eigenvalue weighted by atomic mass is 10.2. The molecule has 0 heterocycles. The maximum absolute atomic E-state index is 13.6. The van der Waals surface area contributed by atoms with E-state index in [0.717, 1.165) is 9.87 Å². The molecule has 9 heteroatoms. The van der Waals surface area contributed by atoms with E-state index in [-0.39, 0.29) is 16.7 Å².